The fourth-order valence-electron chi connectivity index (χ4n) is 3.93. The van der Waals surface area contributed by atoms with Gasteiger partial charge in [0, 0.05) is 5.41 Å². The summed E-state index contributed by atoms with van der Waals surface area (Å²) < 4.78 is 0. The molecule has 3 rings (SSSR count). The van der Waals surface area contributed by atoms with E-state index in [1.54, 1.807) is 0 Å². The molecule has 1 aliphatic carbocycles. The normalized spacial score (nSPS) is 16.7. The molecule has 0 unspecified atom stereocenters. The average molecular weight is 284 g/mol. The van der Waals surface area contributed by atoms with Crippen molar-refractivity contribution in [3.63, 3.8) is 0 Å². The average Bonchev–Trinajstić information content (AvgIpc) is 3.08. The molecule has 0 atom stereocenters. The largest absolute Gasteiger partial charge is 0.396 e. The van der Waals surface area contributed by atoms with E-state index in [2.05, 4.69) is 42.5 Å². The number of hydrogen-bond acceptors (Lipinski definition) is 2. The van der Waals surface area contributed by atoms with Crippen LogP contribution in [0.2, 0.25) is 0 Å². The van der Waals surface area contributed by atoms with Gasteiger partial charge < -0.3 is 10.2 Å². The third-order valence-corrected chi connectivity index (χ3v) is 5.27. The lowest BCUT2D eigenvalue weighted by atomic mass is 9.71. The van der Waals surface area contributed by atoms with E-state index >= 15 is 0 Å². The third kappa shape index (κ3) is 2.70. The highest BCUT2D eigenvalue weighted by molar-refractivity contribution is 5.85. The molecular weight excluding hydrogens is 260 g/mol. The van der Waals surface area contributed by atoms with E-state index < -0.39 is 0 Å². The van der Waals surface area contributed by atoms with Crippen LogP contribution < -0.4 is 0 Å². The maximum absolute atomic E-state index is 10.0. The summed E-state index contributed by atoms with van der Waals surface area (Å²) in [6, 6.07) is 14.7. The van der Waals surface area contributed by atoms with E-state index in [9.17, 15) is 10.2 Å². The Labute approximate surface area is 126 Å². The second-order valence-electron chi connectivity index (χ2n) is 6.48. The third-order valence-electron chi connectivity index (χ3n) is 5.27. The maximum Gasteiger partial charge on any atom is 0.0515 e. The van der Waals surface area contributed by atoms with Crippen molar-refractivity contribution < 1.29 is 10.2 Å². The number of hydrogen-bond donors (Lipinski definition) is 2. The molecule has 0 amide bonds. The van der Waals surface area contributed by atoms with Crippen molar-refractivity contribution in [3.8, 4) is 0 Å². The molecule has 0 spiro atoms. The molecule has 0 bridgehead atoms. The molecule has 2 aromatic rings. The van der Waals surface area contributed by atoms with E-state index in [0.717, 1.165) is 19.3 Å². The van der Waals surface area contributed by atoms with Crippen molar-refractivity contribution in [2.24, 2.45) is 11.3 Å². The van der Waals surface area contributed by atoms with Gasteiger partial charge in [-0.25, -0.2) is 0 Å². The molecule has 2 aromatic carbocycles. The zero-order valence-corrected chi connectivity index (χ0v) is 12.5. The molecule has 2 N–H and O–H groups in total. The van der Waals surface area contributed by atoms with Gasteiger partial charge in [0.15, 0.2) is 0 Å². The van der Waals surface area contributed by atoms with Crippen LogP contribution in [0.25, 0.3) is 10.8 Å². The lowest BCUT2D eigenvalue weighted by Crippen LogP contribution is -2.39. The second kappa shape index (κ2) is 6.17. The molecule has 0 saturated heterocycles. The van der Waals surface area contributed by atoms with Gasteiger partial charge in [0.25, 0.3) is 0 Å². The zero-order valence-electron chi connectivity index (χ0n) is 12.5. The molecule has 0 aliphatic heterocycles. The van der Waals surface area contributed by atoms with Crippen LogP contribution in [0.5, 0.6) is 0 Å². The van der Waals surface area contributed by atoms with Gasteiger partial charge in [-0.3, -0.25) is 0 Å². The predicted octanol–water partition coefficient (Wildman–Crippen LogP) is 3.54. The Balaban J connectivity index is 1.98. The first-order chi connectivity index (χ1) is 10.3. The molecule has 1 aliphatic rings. The maximum atomic E-state index is 10.0. The second-order valence-corrected chi connectivity index (χ2v) is 6.48. The van der Waals surface area contributed by atoms with Gasteiger partial charge in [-0.1, -0.05) is 55.3 Å². The molecule has 0 aromatic heterocycles. The quantitative estimate of drug-likeness (QED) is 0.881. The minimum absolute atomic E-state index is 0.0669. The highest BCUT2D eigenvalue weighted by atomic mass is 16.3. The van der Waals surface area contributed by atoms with E-state index in [4.69, 9.17) is 0 Å². The fourth-order valence-corrected chi connectivity index (χ4v) is 3.93. The number of benzene rings is 2. The minimum Gasteiger partial charge on any atom is -0.396 e. The minimum atomic E-state index is -0.374. The monoisotopic (exact) mass is 284 g/mol. The van der Waals surface area contributed by atoms with Gasteiger partial charge in [0.05, 0.1) is 13.2 Å². The van der Waals surface area contributed by atoms with E-state index in [-0.39, 0.29) is 18.6 Å². The van der Waals surface area contributed by atoms with E-state index in [0.29, 0.717) is 5.92 Å². The lowest BCUT2D eigenvalue weighted by molar-refractivity contribution is 0.00596. The van der Waals surface area contributed by atoms with Gasteiger partial charge in [-0.2, -0.15) is 0 Å². The Morgan fingerprint density at radius 2 is 1.57 bits per heavy atom. The topological polar surface area (TPSA) is 40.5 Å². The Kier molecular flexibility index (Phi) is 4.27. The predicted molar refractivity (Wildman–Crippen MR) is 86.2 cm³/mol. The van der Waals surface area contributed by atoms with Gasteiger partial charge in [0.2, 0.25) is 0 Å². The molecule has 21 heavy (non-hydrogen) atoms. The standard InChI is InChI=1S/C19H24O2/c20-13-19(14-21,17-9-2-3-10-17)12-16-8-5-7-15-6-1-4-11-18(15)16/h1,4-8,11,17,20-21H,2-3,9-10,12-14H2. The summed E-state index contributed by atoms with van der Waals surface area (Å²) in [5.41, 5.74) is 0.865. The first-order valence-corrected chi connectivity index (χ1v) is 7.97. The summed E-state index contributed by atoms with van der Waals surface area (Å²) in [7, 11) is 0. The van der Waals surface area contributed by atoms with Crippen LogP contribution >= 0.6 is 0 Å². The zero-order chi connectivity index (χ0) is 14.7. The van der Waals surface area contributed by atoms with Gasteiger partial charge in [-0.15, -0.1) is 0 Å². The summed E-state index contributed by atoms with van der Waals surface area (Å²) in [6.45, 7) is 0.134. The molecule has 2 nitrogen and oxygen atoms in total. The van der Waals surface area contributed by atoms with Crippen LogP contribution in [0.15, 0.2) is 42.5 Å². The summed E-state index contributed by atoms with van der Waals surface area (Å²) in [5, 5.41) is 22.5. The van der Waals surface area contributed by atoms with Crippen molar-refractivity contribution >= 4 is 10.8 Å². The molecule has 1 saturated carbocycles. The summed E-state index contributed by atoms with van der Waals surface area (Å²) in [4.78, 5) is 0. The van der Waals surface area contributed by atoms with E-state index in [1.807, 2.05) is 0 Å². The van der Waals surface area contributed by atoms with Gasteiger partial charge in [-0.05, 0) is 41.5 Å². The number of aliphatic hydroxyl groups is 2. The number of fused-ring (bicyclic) bond motifs is 1. The van der Waals surface area contributed by atoms with Crippen LogP contribution in [0.4, 0.5) is 0 Å². The Morgan fingerprint density at radius 3 is 2.29 bits per heavy atom. The SMILES string of the molecule is OCC(CO)(Cc1cccc2ccccc12)C1CCCC1. The molecule has 1 fully saturated rings. The van der Waals surface area contributed by atoms with Crippen LogP contribution in [-0.2, 0) is 6.42 Å². The van der Waals surface area contributed by atoms with Crippen molar-refractivity contribution in [2.45, 2.75) is 32.1 Å². The molecular formula is C19H24O2. The summed E-state index contributed by atoms with van der Waals surface area (Å²) >= 11 is 0. The molecule has 112 valence electrons. The van der Waals surface area contributed by atoms with Gasteiger partial charge in [0.1, 0.15) is 0 Å². The van der Waals surface area contributed by atoms with Crippen molar-refractivity contribution in [3.05, 3.63) is 48.0 Å². The van der Waals surface area contributed by atoms with Crippen LogP contribution in [-0.4, -0.2) is 23.4 Å². The van der Waals surface area contributed by atoms with Crippen LogP contribution in [0, 0.1) is 11.3 Å². The highest BCUT2D eigenvalue weighted by Gasteiger charge is 2.39. The molecule has 0 radical (unpaired) electrons. The Hall–Kier alpha value is -1.38. The number of aliphatic hydroxyl groups excluding tert-OH is 2. The van der Waals surface area contributed by atoms with Crippen molar-refractivity contribution in [2.75, 3.05) is 13.2 Å². The van der Waals surface area contributed by atoms with Crippen molar-refractivity contribution in [1.82, 2.24) is 0 Å². The first kappa shape index (κ1) is 14.6. The van der Waals surface area contributed by atoms with Gasteiger partial charge >= 0.3 is 0 Å². The fraction of sp³-hybridized carbons (Fsp3) is 0.474. The first-order valence-electron chi connectivity index (χ1n) is 7.97. The lowest BCUT2D eigenvalue weighted by Gasteiger charge is -2.36. The van der Waals surface area contributed by atoms with Crippen LogP contribution in [0.3, 0.4) is 0 Å². The highest BCUT2D eigenvalue weighted by Crippen LogP contribution is 2.42. The number of rotatable bonds is 5. The Bertz CT molecular complexity index is 590. The van der Waals surface area contributed by atoms with E-state index in [1.165, 1.54) is 29.2 Å². The molecule has 0 heterocycles. The van der Waals surface area contributed by atoms with Crippen LogP contribution in [0.1, 0.15) is 31.2 Å². The molecule has 2 heteroatoms. The summed E-state index contributed by atoms with van der Waals surface area (Å²) in [5.74, 6) is 0.437. The van der Waals surface area contributed by atoms with Crippen molar-refractivity contribution in [1.29, 1.82) is 0 Å². The Morgan fingerprint density at radius 1 is 0.905 bits per heavy atom. The summed E-state index contributed by atoms with van der Waals surface area (Å²) in [6.07, 6.45) is 5.47. The smallest absolute Gasteiger partial charge is 0.0515 e.